The molecule has 1 aliphatic heterocycles. The van der Waals surface area contributed by atoms with Gasteiger partial charge in [-0.05, 0) is 51.1 Å². The minimum absolute atomic E-state index is 0.00491. The van der Waals surface area contributed by atoms with Crippen LogP contribution in [0.4, 0.5) is 0 Å². The summed E-state index contributed by atoms with van der Waals surface area (Å²) in [6.45, 7) is 3.75. The molecule has 1 saturated heterocycles. The average Bonchev–Trinajstić information content (AvgIpc) is 2.53. The highest BCUT2D eigenvalue weighted by atomic mass is 16.5. The van der Waals surface area contributed by atoms with E-state index in [-0.39, 0.29) is 18.6 Å². The zero-order valence-electron chi connectivity index (χ0n) is 13.7. The number of aliphatic hydroxyl groups excluding tert-OH is 1. The summed E-state index contributed by atoms with van der Waals surface area (Å²) in [6.07, 6.45) is 1.62. The number of benzene rings is 1. The second kappa shape index (κ2) is 7.61. The van der Waals surface area contributed by atoms with Crippen LogP contribution < -0.4 is 4.74 Å². The Morgan fingerprint density at radius 3 is 3.00 bits per heavy atom. The van der Waals surface area contributed by atoms with Crippen LogP contribution in [0.25, 0.3) is 0 Å². The van der Waals surface area contributed by atoms with Crippen molar-refractivity contribution >= 4 is 5.91 Å². The molecule has 0 radical (unpaired) electrons. The Balaban J connectivity index is 1.95. The van der Waals surface area contributed by atoms with Gasteiger partial charge >= 0.3 is 0 Å². The topological polar surface area (TPSA) is 53.0 Å². The minimum atomic E-state index is -0.536. The van der Waals surface area contributed by atoms with Crippen molar-refractivity contribution < 1.29 is 14.6 Å². The lowest BCUT2D eigenvalue weighted by molar-refractivity contribution is -0.139. The van der Waals surface area contributed by atoms with E-state index in [1.807, 2.05) is 24.1 Å². The average molecular weight is 306 g/mol. The third-order valence-corrected chi connectivity index (χ3v) is 4.24. The molecule has 1 amide bonds. The number of ether oxygens (including phenoxy) is 1. The number of piperidine rings is 1. The van der Waals surface area contributed by atoms with E-state index in [9.17, 15) is 4.79 Å². The summed E-state index contributed by atoms with van der Waals surface area (Å²) in [5, 5.41) is 9.15. The summed E-state index contributed by atoms with van der Waals surface area (Å²) in [4.78, 5) is 16.6. The SMILES string of the molecule is CC(Oc1cccc(CO)c1)C(=O)N(C)C1CCCN(C)C1. The molecule has 1 heterocycles. The maximum atomic E-state index is 12.5. The number of hydrogen-bond acceptors (Lipinski definition) is 4. The number of hydrogen-bond donors (Lipinski definition) is 1. The highest BCUT2D eigenvalue weighted by Gasteiger charge is 2.28. The third-order valence-electron chi connectivity index (χ3n) is 4.24. The molecule has 22 heavy (non-hydrogen) atoms. The number of likely N-dealkylation sites (N-methyl/N-ethyl adjacent to an activating group) is 2. The van der Waals surface area contributed by atoms with Gasteiger partial charge in [-0.3, -0.25) is 4.79 Å². The fraction of sp³-hybridized carbons (Fsp3) is 0.588. The lowest BCUT2D eigenvalue weighted by Gasteiger charge is -2.36. The van der Waals surface area contributed by atoms with Crippen molar-refractivity contribution in [3.05, 3.63) is 29.8 Å². The van der Waals surface area contributed by atoms with Crippen LogP contribution in [-0.2, 0) is 11.4 Å². The number of nitrogens with zero attached hydrogens (tertiary/aromatic N) is 2. The van der Waals surface area contributed by atoms with Gasteiger partial charge in [-0.1, -0.05) is 12.1 Å². The number of carbonyl (C=O) groups excluding carboxylic acids is 1. The second-order valence-electron chi connectivity index (χ2n) is 6.07. The van der Waals surface area contributed by atoms with Crippen LogP contribution in [0.2, 0.25) is 0 Å². The molecule has 1 N–H and O–H groups in total. The van der Waals surface area contributed by atoms with Gasteiger partial charge in [0.1, 0.15) is 5.75 Å². The Kier molecular flexibility index (Phi) is 5.80. The molecule has 5 heteroatoms. The highest BCUT2D eigenvalue weighted by Crippen LogP contribution is 2.18. The molecule has 2 unspecified atom stereocenters. The summed E-state index contributed by atoms with van der Waals surface area (Å²) in [5.41, 5.74) is 0.777. The predicted molar refractivity (Wildman–Crippen MR) is 85.7 cm³/mol. The molecule has 1 fully saturated rings. The molecule has 1 aliphatic rings. The molecule has 5 nitrogen and oxygen atoms in total. The molecule has 1 aromatic carbocycles. The van der Waals surface area contributed by atoms with E-state index < -0.39 is 6.10 Å². The van der Waals surface area contributed by atoms with Gasteiger partial charge in [0, 0.05) is 19.6 Å². The molecular formula is C17H26N2O3. The Labute approximate surface area is 132 Å². The van der Waals surface area contributed by atoms with Gasteiger partial charge in [-0.25, -0.2) is 0 Å². The standard InChI is InChI=1S/C17H26N2O3/c1-13(22-16-8-4-6-14(10-16)12-20)17(21)19(3)15-7-5-9-18(2)11-15/h4,6,8,10,13,15,20H,5,7,9,11-12H2,1-3H3. The fourth-order valence-corrected chi connectivity index (χ4v) is 2.89. The molecule has 0 saturated carbocycles. The van der Waals surface area contributed by atoms with E-state index in [1.54, 1.807) is 19.1 Å². The number of aliphatic hydroxyl groups is 1. The van der Waals surface area contributed by atoms with Crippen LogP contribution in [0.15, 0.2) is 24.3 Å². The smallest absolute Gasteiger partial charge is 0.263 e. The zero-order valence-corrected chi connectivity index (χ0v) is 13.7. The number of likely N-dealkylation sites (tertiary alicyclic amines) is 1. The number of carbonyl (C=O) groups is 1. The Hall–Kier alpha value is -1.59. The van der Waals surface area contributed by atoms with Gasteiger partial charge in [0.25, 0.3) is 5.91 Å². The van der Waals surface area contributed by atoms with Gasteiger partial charge in [0.05, 0.1) is 6.61 Å². The predicted octanol–water partition coefficient (Wildman–Crippen LogP) is 1.50. The van der Waals surface area contributed by atoms with Crippen molar-refractivity contribution in [1.82, 2.24) is 9.80 Å². The molecule has 2 atom stereocenters. The number of rotatable bonds is 5. The van der Waals surface area contributed by atoms with Gasteiger partial charge in [0.2, 0.25) is 0 Å². The first-order valence-electron chi connectivity index (χ1n) is 7.83. The van der Waals surface area contributed by atoms with Crippen LogP contribution in [0.5, 0.6) is 5.75 Å². The van der Waals surface area contributed by atoms with Crippen molar-refractivity contribution in [3.8, 4) is 5.75 Å². The normalized spacial score (nSPS) is 20.5. The molecule has 1 aromatic rings. The minimum Gasteiger partial charge on any atom is -0.481 e. The quantitative estimate of drug-likeness (QED) is 0.896. The van der Waals surface area contributed by atoms with Crippen LogP contribution in [0.1, 0.15) is 25.3 Å². The van der Waals surface area contributed by atoms with E-state index in [4.69, 9.17) is 9.84 Å². The first-order chi connectivity index (χ1) is 10.5. The number of amides is 1. The van der Waals surface area contributed by atoms with E-state index in [0.717, 1.165) is 31.5 Å². The van der Waals surface area contributed by atoms with E-state index >= 15 is 0 Å². The summed E-state index contributed by atoms with van der Waals surface area (Å²) in [5.74, 6) is 0.608. The van der Waals surface area contributed by atoms with Crippen molar-refractivity contribution in [1.29, 1.82) is 0 Å². The van der Waals surface area contributed by atoms with E-state index in [0.29, 0.717) is 5.75 Å². The first kappa shape index (κ1) is 16.8. The molecule has 122 valence electrons. The molecule has 2 rings (SSSR count). The summed E-state index contributed by atoms with van der Waals surface area (Å²) in [6, 6.07) is 7.46. The zero-order chi connectivity index (χ0) is 16.1. The van der Waals surface area contributed by atoms with Gasteiger partial charge in [-0.2, -0.15) is 0 Å². The summed E-state index contributed by atoms with van der Waals surface area (Å²) < 4.78 is 5.74. The van der Waals surface area contributed by atoms with Crippen LogP contribution in [0, 0.1) is 0 Å². The van der Waals surface area contributed by atoms with Crippen molar-refractivity contribution in [2.45, 2.75) is 38.5 Å². The Morgan fingerprint density at radius 2 is 2.32 bits per heavy atom. The largest absolute Gasteiger partial charge is 0.481 e. The molecule has 0 bridgehead atoms. The van der Waals surface area contributed by atoms with E-state index in [1.165, 1.54) is 0 Å². The second-order valence-corrected chi connectivity index (χ2v) is 6.07. The fourth-order valence-electron chi connectivity index (χ4n) is 2.89. The highest BCUT2D eigenvalue weighted by molar-refractivity contribution is 5.81. The van der Waals surface area contributed by atoms with Crippen LogP contribution >= 0.6 is 0 Å². The van der Waals surface area contributed by atoms with Gasteiger partial charge < -0.3 is 19.6 Å². The Bertz CT molecular complexity index is 506. The Morgan fingerprint density at radius 1 is 1.55 bits per heavy atom. The van der Waals surface area contributed by atoms with Gasteiger partial charge in [-0.15, -0.1) is 0 Å². The van der Waals surface area contributed by atoms with Gasteiger partial charge in [0.15, 0.2) is 6.10 Å². The van der Waals surface area contributed by atoms with Crippen LogP contribution in [0.3, 0.4) is 0 Å². The summed E-state index contributed by atoms with van der Waals surface area (Å²) in [7, 11) is 3.95. The maximum absolute atomic E-state index is 12.5. The molecule has 0 aliphatic carbocycles. The van der Waals surface area contributed by atoms with Crippen LogP contribution in [-0.4, -0.2) is 60.1 Å². The maximum Gasteiger partial charge on any atom is 0.263 e. The van der Waals surface area contributed by atoms with Crippen molar-refractivity contribution in [2.75, 3.05) is 27.2 Å². The monoisotopic (exact) mass is 306 g/mol. The molecule has 0 aromatic heterocycles. The lowest BCUT2D eigenvalue weighted by Crippen LogP contribution is -2.50. The molecular weight excluding hydrogens is 280 g/mol. The van der Waals surface area contributed by atoms with Crippen molar-refractivity contribution in [3.63, 3.8) is 0 Å². The third kappa shape index (κ3) is 4.21. The molecule has 0 spiro atoms. The van der Waals surface area contributed by atoms with Crippen molar-refractivity contribution in [2.24, 2.45) is 0 Å². The van der Waals surface area contributed by atoms with E-state index in [2.05, 4.69) is 11.9 Å². The summed E-state index contributed by atoms with van der Waals surface area (Å²) >= 11 is 0. The lowest BCUT2D eigenvalue weighted by atomic mass is 10.0. The first-order valence-corrected chi connectivity index (χ1v) is 7.83.